The third-order valence-electron chi connectivity index (χ3n) is 3.89. The van der Waals surface area contributed by atoms with Crippen LogP contribution in [0.3, 0.4) is 0 Å². The second kappa shape index (κ2) is 5.49. The summed E-state index contributed by atoms with van der Waals surface area (Å²) >= 11 is 0. The largest absolute Gasteiger partial charge is 0.480 e. The summed E-state index contributed by atoms with van der Waals surface area (Å²) in [7, 11) is 0. The summed E-state index contributed by atoms with van der Waals surface area (Å²) in [5.74, 6) is -0.188. The van der Waals surface area contributed by atoms with E-state index in [4.69, 9.17) is 0 Å². The number of carbonyl (C=O) groups is 1. The van der Waals surface area contributed by atoms with Gasteiger partial charge in [-0.2, -0.15) is 0 Å². The Bertz CT molecular complexity index is 633. The Kier molecular flexibility index (Phi) is 3.93. The van der Waals surface area contributed by atoms with Gasteiger partial charge in [0.05, 0.1) is 5.52 Å². The van der Waals surface area contributed by atoms with E-state index in [0.717, 1.165) is 16.5 Å². The Morgan fingerprint density at radius 2 is 1.95 bits per heavy atom. The Hall–Kier alpha value is -2.10. The maximum absolute atomic E-state index is 11.6. The smallest absolute Gasteiger partial charge is 0.329 e. The Labute approximate surface area is 118 Å². The van der Waals surface area contributed by atoms with Gasteiger partial charge in [-0.15, -0.1) is 0 Å². The van der Waals surface area contributed by atoms with Crippen molar-refractivity contribution in [2.24, 2.45) is 0 Å². The van der Waals surface area contributed by atoms with Gasteiger partial charge in [-0.3, -0.25) is 0 Å². The number of hydrogen-bond donors (Lipinski definition) is 2. The van der Waals surface area contributed by atoms with Crippen molar-refractivity contribution in [1.29, 1.82) is 0 Å². The number of benzene rings is 1. The van der Waals surface area contributed by atoms with E-state index in [0.29, 0.717) is 18.7 Å². The summed E-state index contributed by atoms with van der Waals surface area (Å²) in [5.41, 5.74) is 0.864. The quantitative estimate of drug-likeness (QED) is 0.873. The average molecular weight is 272 g/mol. The van der Waals surface area contributed by atoms with Crippen LogP contribution in [0.5, 0.6) is 0 Å². The maximum Gasteiger partial charge on any atom is 0.329 e. The number of aliphatic carboxylic acids is 1. The van der Waals surface area contributed by atoms with Crippen molar-refractivity contribution in [1.82, 2.24) is 4.98 Å². The number of aryl methyl sites for hydroxylation is 1. The first-order valence-electron chi connectivity index (χ1n) is 6.90. The predicted octanol–water partition coefficient (Wildman–Crippen LogP) is 3.60. The number of fused-ring (bicyclic) bond motifs is 1. The number of aromatic nitrogens is 1. The van der Waals surface area contributed by atoms with Gasteiger partial charge in [0, 0.05) is 5.39 Å². The van der Waals surface area contributed by atoms with Gasteiger partial charge in [0.2, 0.25) is 0 Å². The summed E-state index contributed by atoms with van der Waals surface area (Å²) in [6, 6.07) is 9.86. The van der Waals surface area contributed by atoms with E-state index < -0.39 is 11.5 Å². The molecule has 0 spiro atoms. The molecule has 0 aliphatic rings. The zero-order chi connectivity index (χ0) is 14.8. The van der Waals surface area contributed by atoms with Gasteiger partial charge in [0.15, 0.2) is 0 Å². The first-order valence-corrected chi connectivity index (χ1v) is 6.90. The summed E-state index contributed by atoms with van der Waals surface area (Å²) in [5, 5.41) is 13.7. The van der Waals surface area contributed by atoms with Crippen LogP contribution in [0, 0.1) is 6.92 Å². The number of hydrogen-bond acceptors (Lipinski definition) is 3. The zero-order valence-electron chi connectivity index (χ0n) is 12.1. The number of carboxylic acids is 1. The van der Waals surface area contributed by atoms with Crippen LogP contribution in [0.4, 0.5) is 5.82 Å². The van der Waals surface area contributed by atoms with Crippen LogP contribution < -0.4 is 5.32 Å². The van der Waals surface area contributed by atoms with Crippen molar-refractivity contribution in [3.8, 4) is 0 Å². The first-order chi connectivity index (χ1) is 9.52. The second-order valence-electron chi connectivity index (χ2n) is 5.07. The summed E-state index contributed by atoms with van der Waals surface area (Å²) in [6.45, 7) is 5.70. The lowest BCUT2D eigenvalue weighted by Crippen LogP contribution is -2.45. The number of nitrogens with zero attached hydrogens (tertiary/aromatic N) is 1. The lowest BCUT2D eigenvalue weighted by atomic mass is 9.92. The molecule has 1 heterocycles. The molecule has 2 aromatic rings. The van der Waals surface area contributed by atoms with Crippen molar-refractivity contribution in [2.75, 3.05) is 5.32 Å². The number of para-hydroxylation sites is 1. The summed E-state index contributed by atoms with van der Waals surface area (Å²) in [4.78, 5) is 16.1. The fourth-order valence-corrected chi connectivity index (χ4v) is 2.36. The van der Waals surface area contributed by atoms with E-state index in [2.05, 4.69) is 10.3 Å². The standard InChI is InChI=1S/C16H20N2O2/c1-4-16(5-2,15(19)20)18-14-11(3)10-12-8-6-7-9-13(12)17-14/h6-10H,4-5H2,1-3H3,(H,17,18)(H,19,20). The average Bonchev–Trinajstić information content (AvgIpc) is 2.45. The highest BCUT2D eigenvalue weighted by atomic mass is 16.4. The van der Waals surface area contributed by atoms with E-state index in [1.807, 2.05) is 51.1 Å². The molecule has 0 atom stereocenters. The van der Waals surface area contributed by atoms with E-state index in [1.165, 1.54) is 0 Å². The number of pyridine rings is 1. The predicted molar refractivity (Wildman–Crippen MR) is 81.1 cm³/mol. The molecule has 0 fully saturated rings. The second-order valence-corrected chi connectivity index (χ2v) is 5.07. The Morgan fingerprint density at radius 3 is 2.55 bits per heavy atom. The molecule has 0 aliphatic heterocycles. The normalized spacial score (nSPS) is 11.6. The molecule has 4 heteroatoms. The molecule has 20 heavy (non-hydrogen) atoms. The zero-order valence-corrected chi connectivity index (χ0v) is 12.1. The van der Waals surface area contributed by atoms with Crippen molar-refractivity contribution >= 4 is 22.7 Å². The molecule has 0 amide bonds. The van der Waals surface area contributed by atoms with Crippen molar-refractivity contribution in [3.63, 3.8) is 0 Å². The van der Waals surface area contributed by atoms with Gasteiger partial charge < -0.3 is 10.4 Å². The molecule has 0 bridgehead atoms. The first kappa shape index (κ1) is 14.3. The van der Waals surface area contributed by atoms with Crippen molar-refractivity contribution in [3.05, 3.63) is 35.9 Å². The topological polar surface area (TPSA) is 62.2 Å². The molecule has 0 unspecified atom stereocenters. The number of rotatable bonds is 5. The molecular formula is C16H20N2O2. The monoisotopic (exact) mass is 272 g/mol. The summed E-state index contributed by atoms with van der Waals surface area (Å²) < 4.78 is 0. The molecule has 1 aromatic heterocycles. The number of carboxylic acid groups (broad SMARTS) is 1. The highest BCUT2D eigenvalue weighted by Crippen LogP contribution is 2.26. The Balaban J connectivity index is 2.47. The van der Waals surface area contributed by atoms with Gasteiger partial charge in [0.1, 0.15) is 11.4 Å². The van der Waals surface area contributed by atoms with E-state index in [9.17, 15) is 9.90 Å². The molecular weight excluding hydrogens is 252 g/mol. The summed E-state index contributed by atoms with van der Waals surface area (Å²) in [6.07, 6.45) is 1.01. The molecule has 2 N–H and O–H groups in total. The minimum Gasteiger partial charge on any atom is -0.480 e. The van der Waals surface area contributed by atoms with E-state index in [-0.39, 0.29) is 0 Å². The maximum atomic E-state index is 11.6. The van der Waals surface area contributed by atoms with Crippen LogP contribution in [0.2, 0.25) is 0 Å². The number of anilines is 1. The molecule has 4 nitrogen and oxygen atoms in total. The highest BCUT2D eigenvalue weighted by molar-refractivity contribution is 5.85. The minimum absolute atomic E-state index is 0.507. The van der Waals surface area contributed by atoms with Crippen LogP contribution in [0.15, 0.2) is 30.3 Å². The van der Waals surface area contributed by atoms with Gasteiger partial charge >= 0.3 is 5.97 Å². The van der Waals surface area contributed by atoms with Crippen LogP contribution in [0.1, 0.15) is 32.3 Å². The van der Waals surface area contributed by atoms with Crippen LogP contribution in [-0.4, -0.2) is 21.6 Å². The lowest BCUT2D eigenvalue weighted by Gasteiger charge is -2.29. The van der Waals surface area contributed by atoms with Gasteiger partial charge in [-0.25, -0.2) is 9.78 Å². The van der Waals surface area contributed by atoms with Crippen LogP contribution >= 0.6 is 0 Å². The number of nitrogens with one attached hydrogen (secondary N) is 1. The van der Waals surface area contributed by atoms with Crippen LogP contribution in [-0.2, 0) is 4.79 Å². The molecule has 2 rings (SSSR count). The molecule has 0 radical (unpaired) electrons. The SMILES string of the molecule is CCC(CC)(Nc1nc2ccccc2cc1C)C(=O)O. The van der Waals surface area contributed by atoms with Crippen LogP contribution in [0.25, 0.3) is 10.9 Å². The van der Waals surface area contributed by atoms with Crippen molar-refractivity contribution < 1.29 is 9.90 Å². The molecule has 106 valence electrons. The minimum atomic E-state index is -0.958. The van der Waals surface area contributed by atoms with Gasteiger partial charge in [-0.1, -0.05) is 32.0 Å². The fraction of sp³-hybridized carbons (Fsp3) is 0.375. The third kappa shape index (κ3) is 2.46. The van der Waals surface area contributed by atoms with Gasteiger partial charge in [-0.05, 0) is 37.5 Å². The molecule has 1 aromatic carbocycles. The molecule has 0 saturated carbocycles. The van der Waals surface area contributed by atoms with E-state index in [1.54, 1.807) is 0 Å². The third-order valence-corrected chi connectivity index (χ3v) is 3.89. The van der Waals surface area contributed by atoms with Crippen molar-refractivity contribution in [2.45, 2.75) is 39.2 Å². The fourth-order valence-electron chi connectivity index (χ4n) is 2.36. The molecule has 0 saturated heterocycles. The molecule has 0 aliphatic carbocycles. The Morgan fingerprint density at radius 1 is 1.30 bits per heavy atom. The highest BCUT2D eigenvalue weighted by Gasteiger charge is 2.35. The lowest BCUT2D eigenvalue weighted by molar-refractivity contribution is -0.142. The van der Waals surface area contributed by atoms with E-state index >= 15 is 0 Å². The van der Waals surface area contributed by atoms with Gasteiger partial charge in [0.25, 0.3) is 0 Å².